The van der Waals surface area contributed by atoms with Crippen molar-refractivity contribution < 1.29 is 32.7 Å². The van der Waals surface area contributed by atoms with Crippen LogP contribution in [0, 0.1) is 6.07 Å². The zero-order valence-electron chi connectivity index (χ0n) is 20.3. The van der Waals surface area contributed by atoms with Gasteiger partial charge in [-0.1, -0.05) is 66.2 Å². The van der Waals surface area contributed by atoms with Crippen molar-refractivity contribution in [2.24, 2.45) is 0 Å². The van der Waals surface area contributed by atoms with Gasteiger partial charge in [-0.05, 0) is 63.7 Å². The standard InChI is InChI=1S/C34H23N2.Y/c1-2-8-25(9-3-1)32-20-33(28-12-4-10-26(18-28)30-14-6-16-35-23-30)22-34(21-32)29-13-5-11-27(19-29)31-15-7-17-36-24-31;/h1-2,4-24H;/q-1;. The van der Waals surface area contributed by atoms with Crippen molar-refractivity contribution in [3.63, 3.8) is 0 Å². The van der Waals surface area contributed by atoms with Crippen molar-refractivity contribution >= 4 is 0 Å². The van der Waals surface area contributed by atoms with Crippen LogP contribution in [-0.4, -0.2) is 9.97 Å². The molecule has 0 saturated carbocycles. The molecule has 0 N–H and O–H groups in total. The largest absolute Gasteiger partial charge is 0.264 e. The second-order valence-corrected chi connectivity index (χ2v) is 8.74. The quantitative estimate of drug-likeness (QED) is 0.202. The minimum atomic E-state index is 0. The van der Waals surface area contributed by atoms with Gasteiger partial charge in [-0.15, -0.1) is 5.56 Å². The summed E-state index contributed by atoms with van der Waals surface area (Å²) in [4.78, 5) is 8.59. The van der Waals surface area contributed by atoms with Gasteiger partial charge >= 0.3 is 0 Å². The number of hydrogen-bond donors (Lipinski definition) is 0. The Morgan fingerprint density at radius 3 is 1.24 bits per heavy atom. The van der Waals surface area contributed by atoms with Gasteiger partial charge in [0.15, 0.2) is 0 Å². The fraction of sp³-hybridized carbons (Fsp3) is 0. The molecule has 4 aromatic carbocycles. The summed E-state index contributed by atoms with van der Waals surface area (Å²) < 4.78 is 0. The molecule has 173 valence electrons. The summed E-state index contributed by atoms with van der Waals surface area (Å²) in [7, 11) is 0. The minimum absolute atomic E-state index is 0. The van der Waals surface area contributed by atoms with Gasteiger partial charge in [-0.2, -0.15) is 30.3 Å². The predicted molar refractivity (Wildman–Crippen MR) is 148 cm³/mol. The third-order valence-electron chi connectivity index (χ3n) is 6.35. The van der Waals surface area contributed by atoms with Crippen molar-refractivity contribution in [3.05, 3.63) is 146 Å². The number of pyridine rings is 2. The molecule has 3 heteroatoms. The summed E-state index contributed by atoms with van der Waals surface area (Å²) in [5.41, 5.74) is 11.5. The van der Waals surface area contributed by atoms with Crippen LogP contribution in [-0.2, 0) is 32.7 Å². The van der Waals surface area contributed by atoms with E-state index < -0.39 is 0 Å². The average molecular weight is 548 g/mol. The van der Waals surface area contributed by atoms with Gasteiger partial charge in [0, 0.05) is 68.6 Å². The molecule has 0 spiro atoms. The Morgan fingerprint density at radius 1 is 0.405 bits per heavy atom. The summed E-state index contributed by atoms with van der Waals surface area (Å²) in [6, 6.07) is 43.6. The first kappa shape index (κ1) is 25.0. The maximum Gasteiger partial charge on any atom is 0.0346 e. The monoisotopic (exact) mass is 548 g/mol. The summed E-state index contributed by atoms with van der Waals surface area (Å²) in [5.74, 6) is 0. The first-order chi connectivity index (χ1) is 17.8. The van der Waals surface area contributed by atoms with Crippen LogP contribution in [0.3, 0.4) is 0 Å². The van der Waals surface area contributed by atoms with Crippen molar-refractivity contribution in [1.82, 2.24) is 9.97 Å². The van der Waals surface area contributed by atoms with Crippen LogP contribution in [0.25, 0.3) is 55.6 Å². The molecule has 0 aliphatic heterocycles. The van der Waals surface area contributed by atoms with Crippen LogP contribution in [0.1, 0.15) is 0 Å². The van der Waals surface area contributed by atoms with Crippen molar-refractivity contribution in [3.8, 4) is 55.6 Å². The topological polar surface area (TPSA) is 25.8 Å². The van der Waals surface area contributed by atoms with E-state index in [0.717, 1.165) is 33.4 Å². The van der Waals surface area contributed by atoms with Crippen LogP contribution in [0.15, 0.2) is 140 Å². The molecule has 0 bridgehead atoms. The Bertz CT molecular complexity index is 1510. The zero-order chi connectivity index (χ0) is 24.2. The Labute approximate surface area is 243 Å². The molecule has 2 nitrogen and oxygen atoms in total. The molecule has 6 aromatic rings. The Morgan fingerprint density at radius 2 is 0.811 bits per heavy atom. The minimum Gasteiger partial charge on any atom is -0.264 e. The molecule has 0 unspecified atom stereocenters. The van der Waals surface area contributed by atoms with Gasteiger partial charge in [-0.3, -0.25) is 9.97 Å². The molecule has 2 aromatic heterocycles. The molecule has 0 amide bonds. The van der Waals surface area contributed by atoms with E-state index >= 15 is 0 Å². The van der Waals surface area contributed by atoms with Crippen molar-refractivity contribution in [2.45, 2.75) is 0 Å². The first-order valence-electron chi connectivity index (χ1n) is 12.0. The van der Waals surface area contributed by atoms with Crippen LogP contribution in [0.2, 0.25) is 0 Å². The molecule has 1 radical (unpaired) electrons. The van der Waals surface area contributed by atoms with Gasteiger partial charge in [0.2, 0.25) is 0 Å². The summed E-state index contributed by atoms with van der Waals surface area (Å²) in [6.45, 7) is 0. The molecular formula is C34H23N2Y-. The molecule has 0 aliphatic rings. The van der Waals surface area contributed by atoms with E-state index in [1.807, 2.05) is 42.7 Å². The Balaban J connectivity index is 0.00000280. The summed E-state index contributed by atoms with van der Waals surface area (Å²) in [6.07, 6.45) is 7.43. The molecule has 37 heavy (non-hydrogen) atoms. The fourth-order valence-corrected chi connectivity index (χ4v) is 4.52. The second kappa shape index (κ2) is 11.6. The molecule has 0 fully saturated rings. The van der Waals surface area contributed by atoms with E-state index in [2.05, 4.69) is 101 Å². The molecule has 6 rings (SSSR count). The molecular weight excluding hydrogens is 525 g/mol. The van der Waals surface area contributed by atoms with Gasteiger partial charge < -0.3 is 0 Å². The average Bonchev–Trinajstić information content (AvgIpc) is 2.98. The zero-order valence-corrected chi connectivity index (χ0v) is 23.1. The van der Waals surface area contributed by atoms with Crippen LogP contribution >= 0.6 is 0 Å². The third kappa shape index (κ3) is 5.67. The van der Waals surface area contributed by atoms with Crippen LogP contribution in [0.5, 0.6) is 0 Å². The summed E-state index contributed by atoms with van der Waals surface area (Å²) >= 11 is 0. The van der Waals surface area contributed by atoms with E-state index in [0.29, 0.717) is 0 Å². The van der Waals surface area contributed by atoms with Crippen molar-refractivity contribution in [1.29, 1.82) is 0 Å². The van der Waals surface area contributed by atoms with Crippen LogP contribution in [0.4, 0.5) is 0 Å². The smallest absolute Gasteiger partial charge is 0.0346 e. The SMILES string of the molecule is [Y].[c-]1cccc(-c2cc(-c3cccc(-c4cccnc4)c3)cc(-c3cccc(-c4cccnc4)c3)c2)c1. The second-order valence-electron chi connectivity index (χ2n) is 8.74. The number of rotatable bonds is 5. The number of aromatic nitrogens is 2. The van der Waals surface area contributed by atoms with E-state index in [1.54, 1.807) is 12.4 Å². The maximum absolute atomic E-state index is 4.30. The summed E-state index contributed by atoms with van der Waals surface area (Å²) in [5, 5.41) is 0. The first-order valence-corrected chi connectivity index (χ1v) is 12.0. The van der Waals surface area contributed by atoms with E-state index in [9.17, 15) is 0 Å². The molecule has 2 heterocycles. The number of nitrogens with zero attached hydrogens (tertiary/aromatic N) is 2. The third-order valence-corrected chi connectivity index (χ3v) is 6.35. The van der Waals surface area contributed by atoms with E-state index in [1.165, 1.54) is 22.3 Å². The molecule has 0 aliphatic carbocycles. The number of benzene rings is 4. The van der Waals surface area contributed by atoms with Gasteiger partial charge in [0.25, 0.3) is 0 Å². The molecule has 0 atom stereocenters. The van der Waals surface area contributed by atoms with Gasteiger partial charge in [-0.25, -0.2) is 0 Å². The van der Waals surface area contributed by atoms with Gasteiger partial charge in [0.05, 0.1) is 0 Å². The fourth-order valence-electron chi connectivity index (χ4n) is 4.52. The van der Waals surface area contributed by atoms with Gasteiger partial charge in [0.1, 0.15) is 0 Å². The Hall–Kier alpha value is -3.72. The normalized spacial score (nSPS) is 10.5. The molecule has 0 saturated heterocycles. The van der Waals surface area contributed by atoms with E-state index in [4.69, 9.17) is 0 Å². The van der Waals surface area contributed by atoms with Crippen molar-refractivity contribution in [2.75, 3.05) is 0 Å². The predicted octanol–water partition coefficient (Wildman–Crippen LogP) is 8.61. The van der Waals surface area contributed by atoms with Crippen LogP contribution < -0.4 is 0 Å². The number of hydrogen-bond acceptors (Lipinski definition) is 2. The maximum atomic E-state index is 4.30. The Kier molecular flexibility index (Phi) is 7.80. The van der Waals surface area contributed by atoms with E-state index in [-0.39, 0.29) is 32.7 Å².